The molecule has 0 aromatic heterocycles. The van der Waals surface area contributed by atoms with Gasteiger partial charge in [0.05, 0.1) is 0 Å². The average Bonchev–Trinajstić information content (AvgIpc) is 2.94. The predicted molar refractivity (Wildman–Crippen MR) is 91.6 cm³/mol. The Bertz CT molecular complexity index is 648. The largest absolute Gasteiger partial charge is 0.573 e. The molecule has 2 aliphatic heterocycles. The molecule has 2 fully saturated rings. The van der Waals surface area contributed by atoms with Crippen LogP contribution in [0.1, 0.15) is 44.6 Å². The number of halogens is 3. The van der Waals surface area contributed by atoms with E-state index in [0.29, 0.717) is 6.54 Å². The number of rotatable bonds is 5. The minimum absolute atomic E-state index is 0.186. The molecule has 1 aromatic carbocycles. The average molecular weight is 370 g/mol. The highest BCUT2D eigenvalue weighted by Crippen LogP contribution is 2.39. The van der Waals surface area contributed by atoms with E-state index in [1.807, 2.05) is 4.90 Å². The first-order valence-corrected chi connectivity index (χ1v) is 9.23. The van der Waals surface area contributed by atoms with E-state index >= 15 is 0 Å². The molecule has 1 atom stereocenters. The summed E-state index contributed by atoms with van der Waals surface area (Å²) in [6, 6.07) is 6.06. The molecule has 1 unspecified atom stereocenters. The van der Waals surface area contributed by atoms with Crippen LogP contribution in [0.3, 0.4) is 0 Å². The van der Waals surface area contributed by atoms with Crippen LogP contribution in [-0.2, 0) is 11.3 Å². The lowest BCUT2D eigenvalue weighted by molar-refractivity contribution is -0.274. The van der Waals surface area contributed by atoms with Crippen LogP contribution < -0.4 is 4.74 Å². The number of carbonyl (C=O) groups excluding carboxylic acids is 1. The van der Waals surface area contributed by atoms with Gasteiger partial charge in [-0.2, -0.15) is 0 Å². The van der Waals surface area contributed by atoms with Crippen LogP contribution in [0, 0.1) is 0 Å². The third kappa shape index (κ3) is 3.98. The van der Waals surface area contributed by atoms with Gasteiger partial charge in [0, 0.05) is 19.6 Å². The maximum absolute atomic E-state index is 13.1. The van der Waals surface area contributed by atoms with E-state index in [1.54, 1.807) is 12.1 Å². The number of piperidine rings is 1. The summed E-state index contributed by atoms with van der Waals surface area (Å²) in [6.07, 6.45) is -0.217. The highest BCUT2D eigenvalue weighted by Gasteiger charge is 2.50. The van der Waals surface area contributed by atoms with Crippen molar-refractivity contribution in [3.63, 3.8) is 0 Å². The van der Waals surface area contributed by atoms with Crippen LogP contribution in [-0.4, -0.2) is 47.2 Å². The fraction of sp³-hybridized carbons (Fsp3) is 0.632. The van der Waals surface area contributed by atoms with Crippen molar-refractivity contribution < 1.29 is 22.7 Å². The van der Waals surface area contributed by atoms with Crippen molar-refractivity contribution in [3.05, 3.63) is 29.8 Å². The number of likely N-dealkylation sites (tertiary alicyclic amines) is 2. The molecule has 7 heteroatoms. The summed E-state index contributed by atoms with van der Waals surface area (Å²) in [5.74, 6) is -0.0309. The van der Waals surface area contributed by atoms with Crippen molar-refractivity contribution in [2.45, 2.75) is 57.5 Å². The van der Waals surface area contributed by atoms with Gasteiger partial charge in [0.2, 0.25) is 5.91 Å². The van der Waals surface area contributed by atoms with Crippen LogP contribution >= 0.6 is 0 Å². The van der Waals surface area contributed by atoms with Gasteiger partial charge in [0.25, 0.3) is 0 Å². The molecule has 0 bridgehead atoms. The maximum Gasteiger partial charge on any atom is 0.573 e. The van der Waals surface area contributed by atoms with Crippen molar-refractivity contribution in [1.82, 2.24) is 9.80 Å². The number of ether oxygens (including phenoxy) is 1. The molecular formula is C19H25F3N2O2. The first kappa shape index (κ1) is 19.0. The Morgan fingerprint density at radius 3 is 2.62 bits per heavy atom. The molecule has 4 nitrogen and oxygen atoms in total. The lowest BCUT2D eigenvalue weighted by atomic mass is 9.85. The van der Waals surface area contributed by atoms with E-state index in [-0.39, 0.29) is 11.7 Å². The van der Waals surface area contributed by atoms with Gasteiger partial charge in [-0.15, -0.1) is 13.2 Å². The molecule has 0 aliphatic carbocycles. The normalized spacial score (nSPS) is 24.5. The molecular weight excluding hydrogens is 345 g/mol. The van der Waals surface area contributed by atoms with Gasteiger partial charge in [-0.3, -0.25) is 9.69 Å². The number of hydrogen-bond donors (Lipinski definition) is 0. The Hall–Kier alpha value is -1.76. The zero-order valence-corrected chi connectivity index (χ0v) is 15.0. The van der Waals surface area contributed by atoms with Crippen molar-refractivity contribution in [1.29, 1.82) is 0 Å². The molecule has 1 aromatic rings. The van der Waals surface area contributed by atoms with E-state index in [1.165, 1.54) is 12.1 Å². The number of carbonyl (C=O) groups is 1. The van der Waals surface area contributed by atoms with Gasteiger partial charge in [0.15, 0.2) is 0 Å². The molecule has 1 amide bonds. The number of alkyl halides is 3. The Morgan fingerprint density at radius 2 is 1.92 bits per heavy atom. The fourth-order valence-corrected chi connectivity index (χ4v) is 4.30. The lowest BCUT2D eigenvalue weighted by Gasteiger charge is -2.44. The lowest BCUT2D eigenvalue weighted by Crippen LogP contribution is -2.59. The van der Waals surface area contributed by atoms with Crippen LogP contribution in [0.25, 0.3) is 0 Å². The minimum atomic E-state index is -4.70. The predicted octanol–water partition coefficient (Wildman–Crippen LogP) is 3.95. The number of hydrogen-bond acceptors (Lipinski definition) is 3. The molecule has 0 radical (unpaired) electrons. The Morgan fingerprint density at radius 1 is 1.19 bits per heavy atom. The van der Waals surface area contributed by atoms with Crippen LogP contribution in [0.5, 0.6) is 5.75 Å². The Balaban J connectivity index is 1.77. The third-order valence-corrected chi connectivity index (χ3v) is 5.33. The first-order chi connectivity index (χ1) is 12.3. The summed E-state index contributed by atoms with van der Waals surface area (Å²) in [6.45, 7) is 4.88. The van der Waals surface area contributed by atoms with E-state index < -0.39 is 11.9 Å². The molecule has 2 aliphatic rings. The number of benzene rings is 1. The van der Waals surface area contributed by atoms with Crippen molar-refractivity contribution >= 4 is 5.91 Å². The molecule has 26 heavy (non-hydrogen) atoms. The SMILES string of the molecule is CCCN1CCCC2(CCCN2Cc2cccc(OC(F)(F)F)c2)C1=O. The quantitative estimate of drug-likeness (QED) is 0.787. The summed E-state index contributed by atoms with van der Waals surface area (Å²) in [4.78, 5) is 17.2. The van der Waals surface area contributed by atoms with Crippen molar-refractivity contribution in [2.24, 2.45) is 0 Å². The molecule has 144 valence electrons. The van der Waals surface area contributed by atoms with Gasteiger partial charge in [-0.1, -0.05) is 19.1 Å². The van der Waals surface area contributed by atoms with Crippen LogP contribution in [0.2, 0.25) is 0 Å². The highest BCUT2D eigenvalue weighted by atomic mass is 19.4. The van der Waals surface area contributed by atoms with Gasteiger partial charge in [-0.25, -0.2) is 0 Å². The van der Waals surface area contributed by atoms with Crippen LogP contribution in [0.15, 0.2) is 24.3 Å². The standard InChI is InChI=1S/C19H25F3N2O2/c1-2-10-23-11-4-8-18(17(23)25)9-5-12-24(18)14-15-6-3-7-16(13-15)26-19(20,21)22/h3,6-7,13H,2,4-5,8-12,14H2,1H3. The van der Waals surface area contributed by atoms with Crippen LogP contribution in [0.4, 0.5) is 13.2 Å². The molecule has 0 saturated carbocycles. The monoisotopic (exact) mass is 370 g/mol. The van der Waals surface area contributed by atoms with E-state index in [4.69, 9.17) is 0 Å². The smallest absolute Gasteiger partial charge is 0.406 e. The molecule has 2 saturated heterocycles. The summed E-state index contributed by atoms with van der Waals surface area (Å²) >= 11 is 0. The molecule has 1 spiro atoms. The van der Waals surface area contributed by atoms with Gasteiger partial charge < -0.3 is 9.64 Å². The summed E-state index contributed by atoms with van der Waals surface area (Å²) in [5.41, 5.74) is 0.238. The van der Waals surface area contributed by atoms with E-state index in [2.05, 4.69) is 16.6 Å². The van der Waals surface area contributed by atoms with E-state index in [0.717, 1.165) is 57.3 Å². The fourth-order valence-electron chi connectivity index (χ4n) is 4.30. The maximum atomic E-state index is 13.1. The third-order valence-electron chi connectivity index (χ3n) is 5.33. The molecule has 0 N–H and O–H groups in total. The number of nitrogens with zero attached hydrogens (tertiary/aromatic N) is 2. The first-order valence-electron chi connectivity index (χ1n) is 9.23. The van der Waals surface area contributed by atoms with Crippen molar-refractivity contribution in [3.8, 4) is 5.75 Å². The minimum Gasteiger partial charge on any atom is -0.406 e. The summed E-state index contributed by atoms with van der Waals surface area (Å²) in [5, 5.41) is 0. The zero-order valence-electron chi connectivity index (χ0n) is 15.0. The summed E-state index contributed by atoms with van der Waals surface area (Å²) in [7, 11) is 0. The number of amides is 1. The van der Waals surface area contributed by atoms with Crippen molar-refractivity contribution in [2.75, 3.05) is 19.6 Å². The topological polar surface area (TPSA) is 32.8 Å². The second-order valence-electron chi connectivity index (χ2n) is 7.15. The highest BCUT2D eigenvalue weighted by molar-refractivity contribution is 5.87. The van der Waals surface area contributed by atoms with Gasteiger partial charge >= 0.3 is 6.36 Å². The molecule has 3 rings (SSSR count). The summed E-state index contributed by atoms with van der Waals surface area (Å²) < 4.78 is 41.4. The molecule has 2 heterocycles. The van der Waals surface area contributed by atoms with E-state index in [9.17, 15) is 18.0 Å². The van der Waals surface area contributed by atoms with Gasteiger partial charge in [-0.05, 0) is 56.3 Å². The second kappa shape index (κ2) is 7.47. The Kier molecular flexibility index (Phi) is 5.46. The Labute approximate surface area is 151 Å². The zero-order chi connectivity index (χ0) is 18.8. The van der Waals surface area contributed by atoms with Gasteiger partial charge in [0.1, 0.15) is 11.3 Å². The second-order valence-corrected chi connectivity index (χ2v) is 7.15.